The van der Waals surface area contributed by atoms with Gasteiger partial charge >= 0.3 is 0 Å². The minimum Gasteiger partial charge on any atom is -0.496 e. The molecule has 8 nitrogen and oxygen atoms in total. The van der Waals surface area contributed by atoms with Gasteiger partial charge in [0, 0.05) is 49.1 Å². The van der Waals surface area contributed by atoms with E-state index in [2.05, 4.69) is 24.3 Å². The molecule has 0 saturated carbocycles. The summed E-state index contributed by atoms with van der Waals surface area (Å²) in [4.78, 5) is 17.7. The maximum absolute atomic E-state index is 12.9. The quantitative estimate of drug-likeness (QED) is 0.558. The summed E-state index contributed by atoms with van der Waals surface area (Å²) in [6.45, 7) is 6.26. The lowest BCUT2D eigenvalue weighted by molar-refractivity contribution is 0.0844. The normalized spacial score (nSPS) is 15.9. The van der Waals surface area contributed by atoms with Gasteiger partial charge in [0.2, 0.25) is 0 Å². The van der Waals surface area contributed by atoms with Crippen LogP contribution in [-0.4, -0.2) is 42.0 Å². The van der Waals surface area contributed by atoms with Crippen molar-refractivity contribution in [2.24, 2.45) is 5.92 Å². The summed E-state index contributed by atoms with van der Waals surface area (Å²) >= 11 is 0. The van der Waals surface area contributed by atoms with Gasteiger partial charge in [0.15, 0.2) is 5.65 Å². The molecule has 2 N–H and O–H groups in total. The first-order chi connectivity index (χ1) is 15.5. The standard InChI is InChI=1S/C24H32N4O4/c1-15(2)24(25-14-17-20(30-3)6-5-7-21(17)31-4)19-13-23(29)28-22(26-19)12-18(27-28)16-8-10-32-11-9-16/h5-7,12-13,15-16,24-25,27H,8-11,14H2,1-4H3/t24-/m0/s1. The van der Waals surface area contributed by atoms with Crippen LogP contribution in [0.2, 0.25) is 0 Å². The van der Waals surface area contributed by atoms with Gasteiger partial charge in [-0.15, -0.1) is 0 Å². The number of nitrogens with zero attached hydrogens (tertiary/aromatic N) is 2. The molecule has 1 saturated heterocycles. The van der Waals surface area contributed by atoms with Crippen molar-refractivity contribution in [3.05, 3.63) is 57.6 Å². The highest BCUT2D eigenvalue weighted by molar-refractivity contribution is 5.45. The number of aromatic amines is 1. The molecular formula is C24H32N4O4. The average Bonchev–Trinajstić information content (AvgIpc) is 3.24. The molecule has 1 aliphatic rings. The molecule has 172 valence electrons. The number of nitrogens with one attached hydrogen (secondary N) is 2. The highest BCUT2D eigenvalue weighted by Gasteiger charge is 2.23. The molecule has 0 aliphatic carbocycles. The zero-order chi connectivity index (χ0) is 22.7. The van der Waals surface area contributed by atoms with Crippen molar-refractivity contribution in [1.29, 1.82) is 0 Å². The van der Waals surface area contributed by atoms with Gasteiger partial charge in [0.05, 0.1) is 26.0 Å². The van der Waals surface area contributed by atoms with Crippen LogP contribution >= 0.6 is 0 Å². The number of aromatic nitrogens is 3. The Morgan fingerprint density at radius 2 is 1.88 bits per heavy atom. The van der Waals surface area contributed by atoms with Gasteiger partial charge in [-0.05, 0) is 30.9 Å². The maximum atomic E-state index is 12.9. The zero-order valence-corrected chi connectivity index (χ0v) is 19.2. The van der Waals surface area contributed by atoms with Crippen LogP contribution in [0.15, 0.2) is 35.1 Å². The minimum atomic E-state index is -0.108. The summed E-state index contributed by atoms with van der Waals surface area (Å²) in [5.41, 5.74) is 3.26. The van der Waals surface area contributed by atoms with E-state index in [1.54, 1.807) is 20.3 Å². The van der Waals surface area contributed by atoms with E-state index < -0.39 is 0 Å². The monoisotopic (exact) mass is 440 g/mol. The molecule has 32 heavy (non-hydrogen) atoms. The van der Waals surface area contributed by atoms with Crippen molar-refractivity contribution in [3.8, 4) is 11.5 Å². The number of hydrogen-bond donors (Lipinski definition) is 2. The number of fused-ring (bicyclic) bond motifs is 1. The first-order valence-electron chi connectivity index (χ1n) is 11.2. The highest BCUT2D eigenvalue weighted by atomic mass is 16.5. The molecule has 0 bridgehead atoms. The summed E-state index contributed by atoms with van der Waals surface area (Å²) in [7, 11) is 3.30. The van der Waals surface area contributed by atoms with E-state index in [0.29, 0.717) is 18.1 Å². The fraction of sp³-hybridized carbons (Fsp3) is 0.500. The molecule has 2 aromatic heterocycles. The second kappa shape index (κ2) is 9.75. The third-order valence-corrected chi connectivity index (χ3v) is 6.17. The van der Waals surface area contributed by atoms with Gasteiger partial charge in [-0.1, -0.05) is 19.9 Å². The van der Waals surface area contributed by atoms with Crippen molar-refractivity contribution in [3.63, 3.8) is 0 Å². The van der Waals surface area contributed by atoms with Crippen molar-refractivity contribution < 1.29 is 14.2 Å². The Bertz CT molecular complexity index is 1090. The lowest BCUT2D eigenvalue weighted by Crippen LogP contribution is -2.29. The number of benzene rings is 1. The number of methoxy groups -OCH3 is 2. The molecular weight excluding hydrogens is 408 g/mol. The van der Waals surface area contributed by atoms with Crippen LogP contribution < -0.4 is 20.3 Å². The fourth-order valence-corrected chi connectivity index (χ4v) is 4.40. The van der Waals surface area contributed by atoms with Crippen LogP contribution in [-0.2, 0) is 11.3 Å². The molecule has 0 unspecified atom stereocenters. The molecule has 0 spiro atoms. The number of hydrogen-bond acceptors (Lipinski definition) is 6. The zero-order valence-electron chi connectivity index (χ0n) is 19.2. The van der Waals surface area contributed by atoms with Gasteiger partial charge in [-0.3, -0.25) is 9.89 Å². The smallest absolute Gasteiger partial charge is 0.272 e. The van der Waals surface area contributed by atoms with Crippen LogP contribution in [0.1, 0.15) is 55.6 Å². The van der Waals surface area contributed by atoms with Crippen LogP contribution in [0.5, 0.6) is 11.5 Å². The Kier molecular flexibility index (Phi) is 6.81. The SMILES string of the molecule is COc1cccc(OC)c1CN[C@H](c1cc(=O)n2[nH]c(C3CCOCC3)cc2n1)C(C)C. The first-order valence-corrected chi connectivity index (χ1v) is 11.2. The Labute approximate surface area is 187 Å². The summed E-state index contributed by atoms with van der Waals surface area (Å²) in [6, 6.07) is 9.25. The van der Waals surface area contributed by atoms with Gasteiger partial charge in [0.1, 0.15) is 11.5 Å². The lowest BCUT2D eigenvalue weighted by Gasteiger charge is -2.23. The van der Waals surface area contributed by atoms with E-state index >= 15 is 0 Å². The molecule has 1 atom stereocenters. The Hall–Kier alpha value is -2.84. The summed E-state index contributed by atoms with van der Waals surface area (Å²) in [5, 5.41) is 6.82. The predicted octanol–water partition coefficient (Wildman–Crippen LogP) is 3.42. The van der Waals surface area contributed by atoms with Gasteiger partial charge < -0.3 is 19.5 Å². The van der Waals surface area contributed by atoms with Crippen molar-refractivity contribution in [2.75, 3.05) is 27.4 Å². The third-order valence-electron chi connectivity index (χ3n) is 6.17. The van der Waals surface area contributed by atoms with Gasteiger partial charge in [-0.2, -0.15) is 0 Å². The first kappa shape index (κ1) is 22.4. The average molecular weight is 441 g/mol. The summed E-state index contributed by atoms with van der Waals surface area (Å²) < 4.78 is 18.0. The van der Waals surface area contributed by atoms with E-state index in [4.69, 9.17) is 19.2 Å². The third kappa shape index (κ3) is 4.52. The lowest BCUT2D eigenvalue weighted by atomic mass is 9.97. The second-order valence-electron chi connectivity index (χ2n) is 8.55. The van der Waals surface area contributed by atoms with E-state index in [1.807, 2.05) is 24.3 Å². The van der Waals surface area contributed by atoms with E-state index in [1.165, 1.54) is 4.52 Å². The number of ether oxygens (including phenoxy) is 3. The van der Waals surface area contributed by atoms with Gasteiger partial charge in [0.25, 0.3) is 5.56 Å². The van der Waals surface area contributed by atoms with E-state index in [9.17, 15) is 4.79 Å². The molecule has 1 aliphatic heterocycles. The topological polar surface area (TPSA) is 89.9 Å². The number of rotatable bonds is 8. The molecule has 1 aromatic carbocycles. The van der Waals surface area contributed by atoms with Crippen molar-refractivity contribution in [1.82, 2.24) is 19.9 Å². The van der Waals surface area contributed by atoms with Crippen molar-refractivity contribution in [2.45, 2.75) is 45.2 Å². The van der Waals surface area contributed by atoms with Crippen LogP contribution in [0.25, 0.3) is 5.65 Å². The molecule has 0 radical (unpaired) electrons. The Balaban J connectivity index is 1.62. The summed E-state index contributed by atoms with van der Waals surface area (Å²) in [5.74, 6) is 2.11. The Morgan fingerprint density at radius 3 is 2.50 bits per heavy atom. The maximum Gasteiger partial charge on any atom is 0.272 e. The summed E-state index contributed by atoms with van der Waals surface area (Å²) in [6.07, 6.45) is 1.90. The minimum absolute atomic E-state index is 0.106. The van der Waals surface area contributed by atoms with E-state index in [0.717, 1.165) is 54.5 Å². The van der Waals surface area contributed by atoms with Crippen LogP contribution in [0.4, 0.5) is 0 Å². The second-order valence-corrected chi connectivity index (χ2v) is 8.55. The van der Waals surface area contributed by atoms with Gasteiger partial charge in [-0.25, -0.2) is 9.50 Å². The Morgan fingerprint density at radius 1 is 1.19 bits per heavy atom. The molecule has 3 heterocycles. The predicted molar refractivity (Wildman–Crippen MR) is 123 cm³/mol. The molecule has 8 heteroatoms. The van der Waals surface area contributed by atoms with E-state index in [-0.39, 0.29) is 17.5 Å². The molecule has 0 amide bonds. The highest BCUT2D eigenvalue weighted by Crippen LogP contribution is 2.30. The number of H-pyrrole nitrogens is 1. The van der Waals surface area contributed by atoms with Crippen LogP contribution in [0, 0.1) is 5.92 Å². The fourth-order valence-electron chi connectivity index (χ4n) is 4.40. The largest absolute Gasteiger partial charge is 0.496 e. The van der Waals surface area contributed by atoms with Crippen molar-refractivity contribution >= 4 is 5.65 Å². The molecule has 3 aromatic rings. The van der Waals surface area contributed by atoms with Crippen LogP contribution in [0.3, 0.4) is 0 Å². The molecule has 1 fully saturated rings. The molecule has 4 rings (SSSR count).